The lowest BCUT2D eigenvalue weighted by Gasteiger charge is -2.22. The van der Waals surface area contributed by atoms with E-state index in [4.69, 9.17) is 9.47 Å². The van der Waals surface area contributed by atoms with Crippen molar-refractivity contribution in [1.29, 1.82) is 0 Å². The fourth-order valence-corrected chi connectivity index (χ4v) is 3.38. The third-order valence-electron chi connectivity index (χ3n) is 4.84. The molecule has 4 rings (SSSR count). The summed E-state index contributed by atoms with van der Waals surface area (Å²) in [5.41, 5.74) is 1.35. The number of hydrogen-bond acceptors (Lipinski definition) is 6. The highest BCUT2D eigenvalue weighted by atomic mass is 16.6. The van der Waals surface area contributed by atoms with Gasteiger partial charge in [0.15, 0.2) is 11.5 Å². The predicted octanol–water partition coefficient (Wildman–Crippen LogP) is 2.30. The molecule has 9 heteroatoms. The molecule has 154 valence electrons. The van der Waals surface area contributed by atoms with Gasteiger partial charge in [0.2, 0.25) is 11.8 Å². The first-order valence-corrected chi connectivity index (χ1v) is 9.42. The van der Waals surface area contributed by atoms with Crippen molar-refractivity contribution < 1.29 is 24.0 Å². The van der Waals surface area contributed by atoms with Crippen LogP contribution in [0, 0.1) is 10.1 Å². The van der Waals surface area contributed by atoms with E-state index in [9.17, 15) is 19.7 Å². The van der Waals surface area contributed by atoms with Gasteiger partial charge in [-0.1, -0.05) is 0 Å². The van der Waals surface area contributed by atoms with Gasteiger partial charge in [0.1, 0.15) is 13.2 Å². The lowest BCUT2D eigenvalue weighted by Crippen LogP contribution is -2.36. The second-order valence-electron chi connectivity index (χ2n) is 6.92. The molecule has 2 heterocycles. The average molecular weight is 409 g/mol. The second-order valence-corrected chi connectivity index (χ2v) is 6.92. The molecule has 0 spiro atoms. The van der Waals surface area contributed by atoms with E-state index in [1.807, 2.05) is 0 Å². The van der Waals surface area contributed by atoms with E-state index < -0.39 is 4.92 Å². The topological polar surface area (TPSA) is 111 Å². The molecule has 1 fully saturated rings. The van der Waals surface area contributed by atoms with Crippen LogP contribution in [0.3, 0.4) is 0 Å². The van der Waals surface area contributed by atoms with Gasteiger partial charge >= 0.3 is 0 Å². The van der Waals surface area contributed by atoms with Crippen molar-refractivity contribution in [3.63, 3.8) is 0 Å². The Balaban J connectivity index is 1.36. The van der Waals surface area contributed by atoms with Crippen molar-refractivity contribution in [2.45, 2.75) is 12.5 Å². The highest BCUT2D eigenvalue weighted by Gasteiger charge is 2.32. The highest BCUT2D eigenvalue weighted by Crippen LogP contribution is 2.35. The van der Waals surface area contributed by atoms with Gasteiger partial charge in [-0.05, 0) is 35.9 Å². The Morgan fingerprint density at radius 1 is 1.13 bits per heavy atom. The van der Waals surface area contributed by atoms with Gasteiger partial charge in [0.05, 0.1) is 11.0 Å². The third kappa shape index (κ3) is 4.24. The summed E-state index contributed by atoms with van der Waals surface area (Å²) in [6, 6.07) is 10.9. The number of non-ortho nitro benzene ring substituents is 1. The zero-order chi connectivity index (χ0) is 21.1. The van der Waals surface area contributed by atoms with Crippen molar-refractivity contribution in [2.75, 3.05) is 24.7 Å². The zero-order valence-electron chi connectivity index (χ0n) is 15.9. The van der Waals surface area contributed by atoms with Crippen LogP contribution in [0.4, 0.5) is 11.4 Å². The molecule has 2 aromatic carbocycles. The number of nitrogens with zero attached hydrogens (tertiary/aromatic N) is 2. The molecule has 1 saturated heterocycles. The molecule has 1 N–H and O–H groups in total. The van der Waals surface area contributed by atoms with E-state index in [2.05, 4.69) is 5.32 Å². The number of hydrogen-bond donors (Lipinski definition) is 1. The number of fused-ring (bicyclic) bond motifs is 1. The maximum absolute atomic E-state index is 12.4. The number of nitrogens with one attached hydrogen (secondary N) is 1. The van der Waals surface area contributed by atoms with Gasteiger partial charge in [-0.3, -0.25) is 19.7 Å². The van der Waals surface area contributed by atoms with Crippen molar-refractivity contribution >= 4 is 29.3 Å². The minimum absolute atomic E-state index is 0.0136. The van der Waals surface area contributed by atoms with Crippen LogP contribution < -0.4 is 19.7 Å². The normalized spacial score (nSPS) is 17.9. The summed E-state index contributed by atoms with van der Waals surface area (Å²) in [6.45, 7) is 1.32. The molecule has 0 saturated carbocycles. The van der Waals surface area contributed by atoms with Gasteiger partial charge in [0.25, 0.3) is 5.69 Å². The van der Waals surface area contributed by atoms with Crippen molar-refractivity contribution in [1.82, 2.24) is 5.32 Å². The summed E-state index contributed by atoms with van der Waals surface area (Å²) in [5.74, 6) is 0.828. The maximum atomic E-state index is 12.4. The Labute approximate surface area is 172 Å². The fraction of sp³-hybridized carbons (Fsp3) is 0.238. The minimum Gasteiger partial charge on any atom is -0.486 e. The lowest BCUT2D eigenvalue weighted by atomic mass is 10.2. The molecule has 2 aromatic rings. The molecule has 2 aliphatic rings. The maximum Gasteiger partial charge on any atom is 0.269 e. The van der Waals surface area contributed by atoms with Crippen LogP contribution in [0.25, 0.3) is 6.08 Å². The molecule has 1 atom stereocenters. The number of nitro groups is 1. The number of benzene rings is 2. The Hall–Kier alpha value is -3.88. The molecule has 9 nitrogen and oxygen atoms in total. The highest BCUT2D eigenvalue weighted by molar-refractivity contribution is 5.98. The summed E-state index contributed by atoms with van der Waals surface area (Å²) < 4.78 is 11.1. The third-order valence-corrected chi connectivity index (χ3v) is 4.84. The molecule has 2 aliphatic heterocycles. The van der Waals surface area contributed by atoms with Crippen LogP contribution in [0.1, 0.15) is 12.0 Å². The standard InChI is InChI=1S/C21H19N3O6/c25-20(8-3-14-1-4-16(5-2-14)24(27)28)22-15-11-21(26)23(13-15)17-6-7-18-19(12-17)30-10-9-29-18/h1-8,12,15H,9-11,13H2,(H,22,25)/b8-3-/t15-/m0/s1. The number of ether oxygens (including phenoxy) is 2. The van der Waals surface area contributed by atoms with Crippen LogP contribution in [0.15, 0.2) is 48.5 Å². The first kappa shape index (κ1) is 19.4. The van der Waals surface area contributed by atoms with Gasteiger partial charge < -0.3 is 19.7 Å². The average Bonchev–Trinajstić information content (AvgIpc) is 3.12. The Morgan fingerprint density at radius 2 is 1.87 bits per heavy atom. The van der Waals surface area contributed by atoms with Gasteiger partial charge in [-0.15, -0.1) is 0 Å². The summed E-state index contributed by atoms with van der Waals surface area (Å²) >= 11 is 0. The van der Waals surface area contributed by atoms with Crippen molar-refractivity contribution in [2.24, 2.45) is 0 Å². The Bertz CT molecular complexity index is 1020. The molecule has 30 heavy (non-hydrogen) atoms. The van der Waals surface area contributed by atoms with Gasteiger partial charge in [-0.25, -0.2) is 0 Å². The Morgan fingerprint density at radius 3 is 2.60 bits per heavy atom. The first-order chi connectivity index (χ1) is 14.5. The number of nitro benzene ring substituents is 1. The number of carbonyl (C=O) groups is 2. The largest absolute Gasteiger partial charge is 0.486 e. The van der Waals surface area contributed by atoms with E-state index in [1.54, 1.807) is 41.3 Å². The van der Waals surface area contributed by atoms with E-state index in [0.717, 1.165) is 0 Å². The van der Waals surface area contributed by atoms with Crippen molar-refractivity contribution in [3.05, 3.63) is 64.2 Å². The minimum atomic E-state index is -0.481. The van der Waals surface area contributed by atoms with E-state index in [-0.39, 0.29) is 30.0 Å². The predicted molar refractivity (Wildman–Crippen MR) is 108 cm³/mol. The van der Waals surface area contributed by atoms with E-state index in [1.165, 1.54) is 18.2 Å². The molecule has 0 unspecified atom stereocenters. The van der Waals surface area contributed by atoms with Crippen LogP contribution in [0.2, 0.25) is 0 Å². The monoisotopic (exact) mass is 409 g/mol. The van der Waals surface area contributed by atoms with E-state index >= 15 is 0 Å². The van der Waals surface area contributed by atoms with Gasteiger partial charge in [-0.2, -0.15) is 0 Å². The molecule has 0 aliphatic carbocycles. The van der Waals surface area contributed by atoms with Crippen LogP contribution >= 0.6 is 0 Å². The molecular weight excluding hydrogens is 390 g/mol. The second kappa shape index (κ2) is 8.24. The van der Waals surface area contributed by atoms with Crippen LogP contribution in [-0.2, 0) is 9.59 Å². The van der Waals surface area contributed by atoms with E-state index in [0.29, 0.717) is 42.5 Å². The first-order valence-electron chi connectivity index (χ1n) is 9.42. The zero-order valence-corrected chi connectivity index (χ0v) is 15.9. The number of rotatable bonds is 5. The number of carbonyl (C=O) groups excluding carboxylic acids is 2. The van der Waals surface area contributed by atoms with Crippen molar-refractivity contribution in [3.8, 4) is 11.5 Å². The van der Waals surface area contributed by atoms with Gasteiger partial charge in [0, 0.05) is 42.9 Å². The SMILES string of the molecule is O=C(/C=C\c1ccc([N+](=O)[O-])cc1)N[C@H]1CC(=O)N(c2ccc3c(c2)OCCO3)C1. The quantitative estimate of drug-likeness (QED) is 0.461. The summed E-state index contributed by atoms with van der Waals surface area (Å²) in [5, 5.41) is 13.5. The molecular formula is C21H19N3O6. The molecule has 2 amide bonds. The molecule has 0 aromatic heterocycles. The fourth-order valence-electron chi connectivity index (χ4n) is 3.38. The molecule has 0 bridgehead atoms. The van der Waals surface area contributed by atoms with Crippen LogP contribution in [-0.4, -0.2) is 42.5 Å². The summed E-state index contributed by atoms with van der Waals surface area (Å²) in [7, 11) is 0. The lowest BCUT2D eigenvalue weighted by molar-refractivity contribution is -0.384. The number of amides is 2. The Kier molecular flexibility index (Phi) is 5.34. The smallest absolute Gasteiger partial charge is 0.269 e. The summed E-state index contributed by atoms with van der Waals surface area (Å²) in [6.07, 6.45) is 3.11. The molecule has 0 radical (unpaired) electrons. The summed E-state index contributed by atoms with van der Waals surface area (Å²) in [4.78, 5) is 36.5. The van der Waals surface area contributed by atoms with Crippen LogP contribution in [0.5, 0.6) is 11.5 Å². The number of anilines is 1.